The van der Waals surface area contributed by atoms with Gasteiger partial charge in [-0.2, -0.15) is 0 Å². The number of pyridine rings is 1. The van der Waals surface area contributed by atoms with Crippen LogP contribution in [-0.2, 0) is 4.79 Å². The number of hydrogen-bond donors (Lipinski definition) is 4. The second-order valence-electron chi connectivity index (χ2n) is 9.68. The smallest absolute Gasteiger partial charge is 0.300 e. The lowest BCUT2D eigenvalue weighted by molar-refractivity contribution is -0.134. The molecule has 1 fully saturated rings. The highest BCUT2D eigenvalue weighted by Gasteiger charge is 2.17. The fraction of sp³-hybridized carbons (Fsp3) is 0.310. The van der Waals surface area contributed by atoms with E-state index >= 15 is 0 Å². The molecule has 1 saturated heterocycles. The first-order valence-corrected chi connectivity index (χ1v) is 14.8. The molecule has 8 heteroatoms. The number of nitrogens with zero attached hydrogens (tertiary/aromatic N) is 2. The SMILES string of the molecule is CC(=O)O.CN1CCCC(Nc2ccc(-c3cc4c(Nc5ccccc5P(C)C)ccnc4[nH]3)cc2)C1. The molecule has 4 N–H and O–H groups in total. The van der Waals surface area contributed by atoms with E-state index < -0.39 is 5.97 Å². The molecule has 0 aliphatic carbocycles. The number of likely N-dealkylation sites (N-methyl/N-ethyl adjacent to an activating group) is 1. The average Bonchev–Trinajstić information content (AvgIpc) is 3.30. The third-order valence-electron chi connectivity index (χ3n) is 6.38. The first kappa shape index (κ1) is 26.6. The molecule has 5 rings (SSSR count). The average molecular weight is 518 g/mol. The van der Waals surface area contributed by atoms with Crippen LogP contribution in [0.1, 0.15) is 19.8 Å². The van der Waals surface area contributed by atoms with Gasteiger partial charge in [-0.3, -0.25) is 4.79 Å². The summed E-state index contributed by atoms with van der Waals surface area (Å²) < 4.78 is 0. The molecule has 4 aromatic rings. The van der Waals surface area contributed by atoms with Gasteiger partial charge in [0.15, 0.2) is 0 Å². The summed E-state index contributed by atoms with van der Waals surface area (Å²) >= 11 is 0. The molecular formula is C29H36N5O2P. The van der Waals surface area contributed by atoms with Gasteiger partial charge in [0.05, 0.1) is 5.69 Å². The Balaban J connectivity index is 0.000000747. The molecule has 1 unspecified atom stereocenters. The number of rotatable bonds is 6. The number of benzene rings is 2. The van der Waals surface area contributed by atoms with Crippen molar-refractivity contribution in [3.63, 3.8) is 0 Å². The summed E-state index contributed by atoms with van der Waals surface area (Å²) in [6.07, 6.45) is 4.35. The van der Waals surface area contributed by atoms with Crippen molar-refractivity contribution in [1.82, 2.24) is 14.9 Å². The number of aliphatic carboxylic acids is 1. The van der Waals surface area contributed by atoms with E-state index in [1.165, 1.54) is 36.1 Å². The number of piperidine rings is 1. The zero-order chi connectivity index (χ0) is 26.4. The molecule has 0 saturated carbocycles. The molecule has 7 nitrogen and oxygen atoms in total. The number of carbonyl (C=O) groups is 1. The Morgan fingerprint density at radius 2 is 1.84 bits per heavy atom. The second-order valence-corrected chi connectivity index (χ2v) is 12.0. The van der Waals surface area contributed by atoms with Crippen LogP contribution in [0.4, 0.5) is 17.1 Å². The predicted molar refractivity (Wildman–Crippen MR) is 157 cm³/mol. The summed E-state index contributed by atoms with van der Waals surface area (Å²) in [5, 5.41) is 17.3. The summed E-state index contributed by atoms with van der Waals surface area (Å²) in [4.78, 5) is 19.5. The van der Waals surface area contributed by atoms with Crippen molar-refractivity contribution in [2.45, 2.75) is 25.8 Å². The lowest BCUT2D eigenvalue weighted by Gasteiger charge is -2.30. The van der Waals surface area contributed by atoms with Crippen LogP contribution in [0.2, 0.25) is 0 Å². The van der Waals surface area contributed by atoms with Gasteiger partial charge < -0.3 is 25.6 Å². The Hall–Kier alpha value is -3.41. The zero-order valence-electron chi connectivity index (χ0n) is 22.0. The third kappa shape index (κ3) is 7.09. The standard InChI is InChI=1S/C27H32N5P.C2H4O2/c1-32-16-6-7-21(18-32)29-20-12-10-19(11-13-20)25-17-22-23(14-15-28-27(22)31-25)30-24-8-4-5-9-26(24)33(2)3;1-2(3)4/h4-5,8-15,17,21,29H,6-7,16,18H2,1-3H3,(H2,28,30,31);1H3,(H,3,4). The van der Waals surface area contributed by atoms with Crippen molar-refractivity contribution >= 4 is 47.3 Å². The number of anilines is 3. The Bertz CT molecular complexity index is 1330. The van der Waals surface area contributed by atoms with E-state index in [0.717, 1.165) is 41.4 Å². The molecule has 1 aliphatic heterocycles. The van der Waals surface area contributed by atoms with E-state index in [2.05, 4.69) is 107 Å². The number of carboxylic acids is 1. The van der Waals surface area contributed by atoms with Gasteiger partial charge in [-0.05, 0) is 81.0 Å². The highest BCUT2D eigenvalue weighted by Crippen LogP contribution is 2.33. The van der Waals surface area contributed by atoms with Crippen LogP contribution in [0.5, 0.6) is 0 Å². The van der Waals surface area contributed by atoms with E-state index in [0.29, 0.717) is 6.04 Å². The van der Waals surface area contributed by atoms with Gasteiger partial charge in [0.2, 0.25) is 0 Å². The Morgan fingerprint density at radius 1 is 1.11 bits per heavy atom. The summed E-state index contributed by atoms with van der Waals surface area (Å²) in [6, 6.07) is 22.1. The highest BCUT2D eigenvalue weighted by atomic mass is 31.1. The van der Waals surface area contributed by atoms with Crippen LogP contribution < -0.4 is 15.9 Å². The molecule has 3 heterocycles. The van der Waals surface area contributed by atoms with E-state index in [1.807, 2.05) is 6.20 Å². The first-order chi connectivity index (χ1) is 17.8. The van der Waals surface area contributed by atoms with Crippen LogP contribution in [0.25, 0.3) is 22.3 Å². The first-order valence-electron chi connectivity index (χ1n) is 12.6. The van der Waals surface area contributed by atoms with Gasteiger partial charge in [-0.1, -0.05) is 38.3 Å². The van der Waals surface area contributed by atoms with Gasteiger partial charge in [-0.25, -0.2) is 4.98 Å². The number of para-hydroxylation sites is 1. The quantitative estimate of drug-likeness (QED) is 0.237. The van der Waals surface area contributed by atoms with Gasteiger partial charge in [0.25, 0.3) is 5.97 Å². The van der Waals surface area contributed by atoms with Crippen LogP contribution >= 0.6 is 7.92 Å². The van der Waals surface area contributed by atoms with Gasteiger partial charge in [0.1, 0.15) is 5.65 Å². The van der Waals surface area contributed by atoms with Crippen LogP contribution in [-0.4, -0.2) is 65.5 Å². The topological polar surface area (TPSA) is 93.3 Å². The molecule has 2 aromatic carbocycles. The van der Waals surface area contributed by atoms with Crippen LogP contribution in [0.15, 0.2) is 66.9 Å². The van der Waals surface area contributed by atoms with Gasteiger partial charge >= 0.3 is 0 Å². The maximum atomic E-state index is 9.00. The number of hydrogen-bond acceptors (Lipinski definition) is 5. The number of carboxylic acid groups (broad SMARTS) is 1. The number of aromatic amines is 1. The van der Waals surface area contributed by atoms with Crippen LogP contribution in [0.3, 0.4) is 0 Å². The minimum absolute atomic E-state index is 0.194. The minimum Gasteiger partial charge on any atom is -0.481 e. The molecule has 1 atom stereocenters. The highest BCUT2D eigenvalue weighted by molar-refractivity contribution is 7.64. The lowest BCUT2D eigenvalue weighted by atomic mass is 10.1. The van der Waals surface area contributed by atoms with Crippen LogP contribution in [0, 0.1) is 0 Å². The number of fused-ring (bicyclic) bond motifs is 1. The van der Waals surface area contributed by atoms with Crippen molar-refractivity contribution in [3.8, 4) is 11.3 Å². The summed E-state index contributed by atoms with van der Waals surface area (Å²) in [7, 11) is 2.01. The Labute approximate surface area is 220 Å². The zero-order valence-corrected chi connectivity index (χ0v) is 22.8. The lowest BCUT2D eigenvalue weighted by Crippen LogP contribution is -2.39. The molecule has 37 heavy (non-hydrogen) atoms. The molecule has 0 radical (unpaired) electrons. The van der Waals surface area contributed by atoms with Crippen molar-refractivity contribution in [2.75, 3.05) is 44.1 Å². The molecule has 2 aromatic heterocycles. The number of likely N-dealkylation sites (tertiary alicyclic amines) is 1. The molecular weight excluding hydrogens is 481 g/mol. The van der Waals surface area contributed by atoms with Gasteiger partial charge in [0, 0.05) is 48.2 Å². The van der Waals surface area contributed by atoms with E-state index in [9.17, 15) is 0 Å². The number of aromatic nitrogens is 2. The fourth-order valence-electron chi connectivity index (χ4n) is 4.67. The third-order valence-corrected chi connectivity index (χ3v) is 7.73. The second kappa shape index (κ2) is 12.2. The largest absolute Gasteiger partial charge is 0.481 e. The molecule has 0 bridgehead atoms. The molecule has 194 valence electrons. The normalized spacial score (nSPS) is 15.8. The molecule has 1 aliphatic rings. The summed E-state index contributed by atoms with van der Waals surface area (Å²) in [6.45, 7) is 7.97. The Morgan fingerprint density at radius 3 is 2.54 bits per heavy atom. The molecule has 0 amide bonds. The van der Waals surface area contributed by atoms with Crippen molar-refractivity contribution in [2.24, 2.45) is 0 Å². The number of nitrogens with one attached hydrogen (secondary N) is 3. The summed E-state index contributed by atoms with van der Waals surface area (Å²) in [5.41, 5.74) is 6.57. The van der Waals surface area contributed by atoms with Gasteiger partial charge in [-0.15, -0.1) is 0 Å². The van der Waals surface area contributed by atoms with E-state index in [-0.39, 0.29) is 7.92 Å². The summed E-state index contributed by atoms with van der Waals surface area (Å²) in [5.74, 6) is -0.833. The number of H-pyrrole nitrogens is 1. The Kier molecular flexibility index (Phi) is 8.80. The molecule has 0 spiro atoms. The fourth-order valence-corrected chi connectivity index (χ4v) is 5.67. The minimum atomic E-state index is -0.833. The van der Waals surface area contributed by atoms with Crippen molar-refractivity contribution < 1.29 is 9.90 Å². The monoisotopic (exact) mass is 517 g/mol. The van der Waals surface area contributed by atoms with Crippen molar-refractivity contribution in [1.29, 1.82) is 0 Å². The maximum Gasteiger partial charge on any atom is 0.300 e. The predicted octanol–water partition coefficient (Wildman–Crippen LogP) is 5.94. The van der Waals surface area contributed by atoms with E-state index in [4.69, 9.17) is 9.90 Å². The van der Waals surface area contributed by atoms with Crippen molar-refractivity contribution in [3.05, 3.63) is 66.9 Å². The van der Waals surface area contributed by atoms with E-state index in [1.54, 1.807) is 0 Å². The maximum absolute atomic E-state index is 9.00.